The first kappa shape index (κ1) is 23.4. The molecule has 0 spiro atoms. The van der Waals surface area contributed by atoms with Crippen molar-refractivity contribution in [2.45, 2.75) is 30.6 Å². The number of nitrogens with one attached hydrogen (secondary N) is 3. The van der Waals surface area contributed by atoms with Gasteiger partial charge in [-0.05, 0) is 37.1 Å². The van der Waals surface area contributed by atoms with Crippen molar-refractivity contribution in [3.8, 4) is 0 Å². The molecule has 8 nitrogen and oxygen atoms in total. The third-order valence-corrected chi connectivity index (χ3v) is 6.24. The van der Waals surface area contributed by atoms with Gasteiger partial charge in [-0.2, -0.15) is 0 Å². The van der Waals surface area contributed by atoms with Crippen molar-refractivity contribution in [1.29, 1.82) is 0 Å². The van der Waals surface area contributed by atoms with E-state index in [0.29, 0.717) is 30.8 Å². The Kier molecular flexibility index (Phi) is 7.93. The lowest BCUT2D eigenvalue weighted by Crippen LogP contribution is -2.34. The molecule has 0 aliphatic carbocycles. The molecule has 1 heterocycles. The summed E-state index contributed by atoms with van der Waals surface area (Å²) in [6, 6.07) is 12.4. The zero-order chi connectivity index (χ0) is 23.0. The Morgan fingerprint density at radius 1 is 0.938 bits per heavy atom. The van der Waals surface area contributed by atoms with Gasteiger partial charge in [0.25, 0.3) is 15.9 Å². The number of rotatable bonds is 10. The highest BCUT2D eigenvalue weighted by atomic mass is 32.2. The Hall–Kier alpha value is -3.27. The number of amides is 2. The van der Waals surface area contributed by atoms with E-state index in [-0.39, 0.29) is 29.5 Å². The summed E-state index contributed by atoms with van der Waals surface area (Å²) < 4.78 is 40.0. The maximum absolute atomic E-state index is 13.5. The van der Waals surface area contributed by atoms with Crippen LogP contribution in [0.3, 0.4) is 0 Å². The smallest absolute Gasteiger partial charge is 0.263 e. The van der Waals surface area contributed by atoms with E-state index in [2.05, 4.69) is 20.3 Å². The SMILES string of the molecule is O=C(CCCCCN=C1NS(=O)(=O)c2ccccc21)NCCNC(=O)c1ccccc1F. The average Bonchev–Trinajstić information content (AvgIpc) is 3.04. The van der Waals surface area contributed by atoms with Gasteiger partial charge in [-0.25, -0.2) is 12.8 Å². The Morgan fingerprint density at radius 2 is 1.66 bits per heavy atom. The monoisotopic (exact) mass is 460 g/mol. The lowest BCUT2D eigenvalue weighted by Gasteiger charge is -2.07. The first-order chi connectivity index (χ1) is 15.4. The van der Waals surface area contributed by atoms with E-state index < -0.39 is 21.7 Å². The lowest BCUT2D eigenvalue weighted by atomic mass is 10.2. The molecule has 2 amide bonds. The van der Waals surface area contributed by atoms with Crippen LogP contribution in [0.2, 0.25) is 0 Å². The summed E-state index contributed by atoms with van der Waals surface area (Å²) in [4.78, 5) is 28.3. The number of nitrogens with zero attached hydrogens (tertiary/aromatic N) is 1. The van der Waals surface area contributed by atoms with E-state index in [1.54, 1.807) is 30.3 Å². The van der Waals surface area contributed by atoms with Crippen molar-refractivity contribution in [1.82, 2.24) is 15.4 Å². The number of sulfonamides is 1. The Bertz CT molecular complexity index is 1120. The van der Waals surface area contributed by atoms with E-state index in [9.17, 15) is 22.4 Å². The second-order valence-electron chi connectivity index (χ2n) is 7.23. The van der Waals surface area contributed by atoms with Crippen LogP contribution >= 0.6 is 0 Å². The molecular weight excluding hydrogens is 435 g/mol. The molecule has 3 rings (SSSR count). The molecule has 0 atom stereocenters. The standard InChI is InChI=1S/C22H25FN4O4S/c23-18-10-5-3-8-16(18)22(29)26-15-14-24-20(28)12-2-1-7-13-25-21-17-9-4-6-11-19(17)32(30,31)27-21/h3-6,8-11H,1-2,7,12-15H2,(H,24,28)(H,25,27)(H,26,29). The molecule has 32 heavy (non-hydrogen) atoms. The lowest BCUT2D eigenvalue weighted by molar-refractivity contribution is -0.121. The van der Waals surface area contributed by atoms with Crippen LogP contribution in [0.4, 0.5) is 4.39 Å². The topological polar surface area (TPSA) is 117 Å². The van der Waals surface area contributed by atoms with Gasteiger partial charge in [0.05, 0.1) is 10.5 Å². The van der Waals surface area contributed by atoms with Crippen LogP contribution in [0.1, 0.15) is 41.6 Å². The average molecular weight is 461 g/mol. The number of unbranched alkanes of at least 4 members (excludes halogenated alkanes) is 2. The van der Waals surface area contributed by atoms with E-state index in [1.807, 2.05) is 0 Å². The minimum absolute atomic E-state index is 0.0312. The molecule has 0 radical (unpaired) electrons. The Labute approximate surface area is 186 Å². The molecule has 0 saturated carbocycles. The minimum atomic E-state index is -3.53. The quantitative estimate of drug-likeness (QED) is 0.470. The van der Waals surface area contributed by atoms with Crippen LogP contribution in [0.25, 0.3) is 0 Å². The number of amidine groups is 1. The van der Waals surface area contributed by atoms with Crippen LogP contribution in [0.5, 0.6) is 0 Å². The van der Waals surface area contributed by atoms with Crippen LogP contribution in [0.15, 0.2) is 58.4 Å². The summed E-state index contributed by atoms with van der Waals surface area (Å²) in [5, 5.41) is 5.27. The van der Waals surface area contributed by atoms with Crippen LogP contribution in [0, 0.1) is 5.82 Å². The van der Waals surface area contributed by atoms with Gasteiger partial charge >= 0.3 is 0 Å². The number of fused-ring (bicyclic) bond motifs is 1. The molecule has 0 unspecified atom stereocenters. The highest BCUT2D eigenvalue weighted by Gasteiger charge is 2.29. The maximum atomic E-state index is 13.5. The summed E-state index contributed by atoms with van der Waals surface area (Å²) in [6.45, 7) is 0.913. The molecule has 0 fully saturated rings. The Morgan fingerprint density at radius 3 is 2.47 bits per heavy atom. The van der Waals surface area contributed by atoms with Crippen molar-refractivity contribution in [3.05, 3.63) is 65.5 Å². The third kappa shape index (κ3) is 6.13. The molecule has 170 valence electrons. The fourth-order valence-corrected chi connectivity index (χ4v) is 4.47. The molecule has 3 N–H and O–H groups in total. The predicted octanol–water partition coefficient (Wildman–Crippen LogP) is 1.97. The van der Waals surface area contributed by atoms with Gasteiger partial charge in [0.2, 0.25) is 5.91 Å². The van der Waals surface area contributed by atoms with Gasteiger partial charge in [-0.3, -0.25) is 19.3 Å². The fraction of sp³-hybridized carbons (Fsp3) is 0.318. The summed E-state index contributed by atoms with van der Waals surface area (Å²) >= 11 is 0. The summed E-state index contributed by atoms with van der Waals surface area (Å²) in [6.07, 6.45) is 2.50. The molecular formula is C22H25FN4O4S. The van der Waals surface area contributed by atoms with Gasteiger partial charge in [-0.15, -0.1) is 0 Å². The number of carbonyl (C=O) groups is 2. The van der Waals surface area contributed by atoms with Gasteiger partial charge in [-0.1, -0.05) is 30.7 Å². The first-order valence-corrected chi connectivity index (χ1v) is 11.8. The van der Waals surface area contributed by atoms with Crippen molar-refractivity contribution < 1.29 is 22.4 Å². The number of hydrogen-bond donors (Lipinski definition) is 3. The maximum Gasteiger partial charge on any atom is 0.263 e. The van der Waals surface area contributed by atoms with Crippen molar-refractivity contribution >= 4 is 27.7 Å². The van der Waals surface area contributed by atoms with Gasteiger partial charge in [0.1, 0.15) is 11.7 Å². The normalized spacial score (nSPS) is 15.1. The minimum Gasteiger partial charge on any atom is -0.354 e. The zero-order valence-electron chi connectivity index (χ0n) is 17.4. The number of benzene rings is 2. The highest BCUT2D eigenvalue weighted by molar-refractivity contribution is 7.90. The summed E-state index contributed by atoms with van der Waals surface area (Å²) in [7, 11) is -3.53. The van der Waals surface area contributed by atoms with Crippen LogP contribution < -0.4 is 15.4 Å². The summed E-state index contributed by atoms with van der Waals surface area (Å²) in [5.41, 5.74) is 0.547. The predicted molar refractivity (Wildman–Crippen MR) is 118 cm³/mol. The second kappa shape index (κ2) is 10.9. The molecule has 1 aliphatic heterocycles. The van der Waals surface area contributed by atoms with E-state index in [1.165, 1.54) is 18.2 Å². The summed E-state index contributed by atoms with van der Waals surface area (Å²) in [5.74, 6) is -0.885. The van der Waals surface area contributed by atoms with E-state index >= 15 is 0 Å². The number of hydrogen-bond acceptors (Lipinski definition) is 5. The molecule has 0 saturated heterocycles. The van der Waals surface area contributed by atoms with Crippen molar-refractivity contribution in [2.75, 3.05) is 19.6 Å². The van der Waals surface area contributed by atoms with Gasteiger partial charge in [0.15, 0.2) is 0 Å². The third-order valence-electron chi connectivity index (χ3n) is 4.85. The molecule has 2 aromatic carbocycles. The fourth-order valence-electron chi connectivity index (χ4n) is 3.22. The van der Waals surface area contributed by atoms with Crippen molar-refractivity contribution in [2.24, 2.45) is 4.99 Å². The number of aliphatic imine (C=N–C) groups is 1. The molecule has 0 bridgehead atoms. The van der Waals surface area contributed by atoms with Crippen LogP contribution in [-0.4, -0.2) is 45.7 Å². The molecule has 0 aromatic heterocycles. The zero-order valence-corrected chi connectivity index (χ0v) is 18.3. The van der Waals surface area contributed by atoms with Gasteiger partial charge < -0.3 is 10.6 Å². The number of carbonyl (C=O) groups excluding carboxylic acids is 2. The Balaban J connectivity index is 1.28. The van der Waals surface area contributed by atoms with Crippen molar-refractivity contribution in [3.63, 3.8) is 0 Å². The highest BCUT2D eigenvalue weighted by Crippen LogP contribution is 2.22. The van der Waals surface area contributed by atoms with Crippen LogP contribution in [-0.2, 0) is 14.8 Å². The molecule has 10 heteroatoms. The van der Waals surface area contributed by atoms with E-state index in [0.717, 1.165) is 12.8 Å². The molecule has 2 aromatic rings. The van der Waals surface area contributed by atoms with E-state index in [4.69, 9.17) is 0 Å². The number of halogens is 1. The van der Waals surface area contributed by atoms with Gasteiger partial charge in [0, 0.05) is 31.6 Å². The second-order valence-corrected chi connectivity index (χ2v) is 8.88. The largest absolute Gasteiger partial charge is 0.354 e. The first-order valence-electron chi connectivity index (χ1n) is 10.3. The molecule has 1 aliphatic rings.